The Morgan fingerprint density at radius 1 is 1.21 bits per heavy atom. The van der Waals surface area contributed by atoms with Crippen molar-refractivity contribution in [3.63, 3.8) is 0 Å². The zero-order valence-corrected chi connectivity index (χ0v) is 15.2. The zero-order chi connectivity index (χ0) is 20.1. The predicted octanol–water partition coefficient (Wildman–Crippen LogP) is 4.23. The van der Waals surface area contributed by atoms with Crippen molar-refractivity contribution >= 4 is 16.8 Å². The molecule has 1 amide bonds. The molecule has 1 aliphatic carbocycles. The molecule has 1 saturated carbocycles. The quantitative estimate of drug-likeness (QED) is 0.726. The van der Waals surface area contributed by atoms with E-state index in [1.54, 1.807) is 17.8 Å². The van der Waals surface area contributed by atoms with Gasteiger partial charge in [-0.25, -0.2) is 0 Å². The van der Waals surface area contributed by atoms with Crippen LogP contribution in [0.25, 0.3) is 10.9 Å². The number of ether oxygens (including phenoxy) is 1. The molecule has 4 rings (SSSR count). The number of carbonyl (C=O) groups is 1. The maximum atomic E-state index is 12.7. The number of benzene rings is 2. The molecule has 1 aromatic heterocycles. The lowest BCUT2D eigenvalue weighted by Gasteiger charge is -2.11. The van der Waals surface area contributed by atoms with Gasteiger partial charge < -0.3 is 10.1 Å². The molecule has 3 aromatic rings. The molecule has 1 N–H and O–H groups in total. The van der Waals surface area contributed by atoms with Crippen LogP contribution in [-0.2, 0) is 18.0 Å². The number of hydrogen-bond donors (Lipinski definition) is 1. The van der Waals surface area contributed by atoms with Crippen molar-refractivity contribution in [1.82, 2.24) is 15.1 Å². The average molecular weight is 389 g/mol. The highest BCUT2D eigenvalue weighted by Gasteiger charge is 2.45. The Morgan fingerprint density at radius 2 is 1.93 bits per heavy atom. The summed E-state index contributed by atoms with van der Waals surface area (Å²) in [6, 6.07) is 8.17. The molecule has 2 aromatic carbocycles. The van der Waals surface area contributed by atoms with Crippen LogP contribution >= 0.6 is 0 Å². The fourth-order valence-electron chi connectivity index (χ4n) is 3.46. The number of amides is 1. The van der Waals surface area contributed by atoms with E-state index in [1.807, 2.05) is 19.3 Å². The largest absolute Gasteiger partial charge is 0.457 e. The molecule has 0 unspecified atom stereocenters. The third kappa shape index (κ3) is 3.42. The minimum absolute atomic E-state index is 0.0110. The Morgan fingerprint density at radius 3 is 2.57 bits per heavy atom. The molecule has 1 fully saturated rings. The number of halogens is 3. The molecule has 0 aliphatic heterocycles. The number of aryl methyl sites for hydroxylation is 1. The van der Waals surface area contributed by atoms with Crippen molar-refractivity contribution in [2.24, 2.45) is 13.0 Å². The normalized spacial score (nSPS) is 18.9. The molecule has 28 heavy (non-hydrogen) atoms. The maximum absolute atomic E-state index is 12.7. The van der Waals surface area contributed by atoms with Gasteiger partial charge in [0.2, 0.25) is 5.91 Å². The number of alkyl halides is 3. The van der Waals surface area contributed by atoms with Gasteiger partial charge in [0.1, 0.15) is 11.5 Å². The number of aromatic nitrogens is 2. The van der Waals surface area contributed by atoms with Crippen LogP contribution in [0.5, 0.6) is 11.5 Å². The minimum atomic E-state index is -4.39. The van der Waals surface area contributed by atoms with Crippen molar-refractivity contribution < 1.29 is 22.7 Å². The number of fused-ring (bicyclic) bond motifs is 1. The molecule has 0 bridgehead atoms. The van der Waals surface area contributed by atoms with E-state index >= 15 is 0 Å². The van der Waals surface area contributed by atoms with Gasteiger partial charge in [-0.3, -0.25) is 9.48 Å². The van der Waals surface area contributed by atoms with Crippen LogP contribution in [0.2, 0.25) is 0 Å². The highest BCUT2D eigenvalue weighted by Crippen LogP contribution is 2.50. The lowest BCUT2D eigenvalue weighted by atomic mass is 10.0. The van der Waals surface area contributed by atoms with Gasteiger partial charge in [-0.15, -0.1) is 0 Å². The van der Waals surface area contributed by atoms with Crippen LogP contribution in [0.4, 0.5) is 13.2 Å². The molecule has 1 heterocycles. The van der Waals surface area contributed by atoms with E-state index < -0.39 is 11.7 Å². The first-order valence-corrected chi connectivity index (χ1v) is 8.80. The van der Waals surface area contributed by atoms with Crippen molar-refractivity contribution in [2.75, 3.05) is 7.05 Å². The predicted molar refractivity (Wildman–Crippen MR) is 97.1 cm³/mol. The topological polar surface area (TPSA) is 56.1 Å². The van der Waals surface area contributed by atoms with Crippen molar-refractivity contribution in [3.8, 4) is 11.5 Å². The zero-order valence-electron chi connectivity index (χ0n) is 15.2. The molecule has 146 valence electrons. The van der Waals surface area contributed by atoms with Crippen LogP contribution in [-0.4, -0.2) is 22.7 Å². The van der Waals surface area contributed by atoms with E-state index in [4.69, 9.17) is 4.74 Å². The van der Waals surface area contributed by atoms with Gasteiger partial charge in [0.05, 0.1) is 11.1 Å². The summed E-state index contributed by atoms with van der Waals surface area (Å²) in [7, 11) is 3.42. The summed E-state index contributed by atoms with van der Waals surface area (Å²) < 4.78 is 45.6. The maximum Gasteiger partial charge on any atom is 0.416 e. The lowest BCUT2D eigenvalue weighted by Crippen LogP contribution is -2.20. The van der Waals surface area contributed by atoms with E-state index in [2.05, 4.69) is 10.4 Å². The van der Waals surface area contributed by atoms with Crippen molar-refractivity contribution in [3.05, 3.63) is 53.7 Å². The third-order valence-corrected chi connectivity index (χ3v) is 4.92. The summed E-state index contributed by atoms with van der Waals surface area (Å²) in [4.78, 5) is 11.9. The smallest absolute Gasteiger partial charge is 0.416 e. The number of carbonyl (C=O) groups excluding carboxylic acids is 1. The van der Waals surface area contributed by atoms with Gasteiger partial charge in [-0.2, -0.15) is 18.3 Å². The standard InChI is InChI=1S/C20H18F3N3O2/c1-24-19(27)17-9-15(17)16-8-14(7-11-10-26(2)25-18(11)16)28-13-5-3-12(4-6-13)20(21,22)23/h3-8,10,15,17H,9H2,1-2H3,(H,24,27)/t15-,17+/m0/s1. The Labute approximate surface area is 159 Å². The highest BCUT2D eigenvalue weighted by atomic mass is 19.4. The monoisotopic (exact) mass is 389 g/mol. The second kappa shape index (κ2) is 6.54. The number of nitrogens with zero attached hydrogens (tertiary/aromatic N) is 2. The molecular formula is C20H18F3N3O2. The van der Waals surface area contributed by atoms with Gasteiger partial charge in [0.25, 0.3) is 0 Å². The molecule has 0 radical (unpaired) electrons. The Balaban J connectivity index is 1.66. The van der Waals surface area contributed by atoms with Gasteiger partial charge in [-0.1, -0.05) is 0 Å². The van der Waals surface area contributed by atoms with Crippen molar-refractivity contribution in [2.45, 2.75) is 18.5 Å². The van der Waals surface area contributed by atoms with Gasteiger partial charge in [0, 0.05) is 31.6 Å². The second-order valence-corrected chi connectivity index (χ2v) is 6.94. The average Bonchev–Trinajstić information content (AvgIpc) is 3.34. The molecule has 2 atom stereocenters. The number of nitrogens with one attached hydrogen (secondary N) is 1. The van der Waals surface area contributed by atoms with Crippen LogP contribution < -0.4 is 10.1 Å². The molecular weight excluding hydrogens is 371 g/mol. The van der Waals surface area contributed by atoms with E-state index in [9.17, 15) is 18.0 Å². The summed E-state index contributed by atoms with van der Waals surface area (Å²) in [5, 5.41) is 8.00. The van der Waals surface area contributed by atoms with Crippen LogP contribution in [0.3, 0.4) is 0 Å². The second-order valence-electron chi connectivity index (χ2n) is 6.94. The number of hydrogen-bond acceptors (Lipinski definition) is 3. The summed E-state index contributed by atoms with van der Waals surface area (Å²) in [6.07, 6.45) is -1.81. The minimum Gasteiger partial charge on any atom is -0.457 e. The number of rotatable bonds is 4. The van der Waals surface area contributed by atoms with Gasteiger partial charge in [0.15, 0.2) is 0 Å². The van der Waals surface area contributed by atoms with Gasteiger partial charge in [-0.05, 0) is 54.3 Å². The Hall–Kier alpha value is -3.03. The molecule has 1 aliphatic rings. The Kier molecular flexibility index (Phi) is 4.28. The molecule has 0 saturated heterocycles. The molecule has 5 nitrogen and oxygen atoms in total. The third-order valence-electron chi connectivity index (χ3n) is 4.92. The summed E-state index contributed by atoms with van der Waals surface area (Å²) >= 11 is 0. The molecule has 0 spiro atoms. The summed E-state index contributed by atoms with van der Waals surface area (Å²) in [5.41, 5.74) is 0.988. The first kappa shape index (κ1) is 18.3. The van der Waals surface area contributed by atoms with Crippen molar-refractivity contribution in [1.29, 1.82) is 0 Å². The fourth-order valence-corrected chi connectivity index (χ4v) is 3.46. The first-order valence-electron chi connectivity index (χ1n) is 8.80. The van der Waals surface area contributed by atoms with E-state index in [0.717, 1.165) is 35.0 Å². The Bertz CT molecular complexity index is 1040. The van der Waals surface area contributed by atoms with Gasteiger partial charge >= 0.3 is 6.18 Å². The van der Waals surface area contributed by atoms with Crippen LogP contribution in [0.1, 0.15) is 23.5 Å². The first-order chi connectivity index (χ1) is 13.3. The van der Waals surface area contributed by atoms with Crippen LogP contribution in [0, 0.1) is 5.92 Å². The van der Waals surface area contributed by atoms with Crippen LogP contribution in [0.15, 0.2) is 42.6 Å². The summed E-state index contributed by atoms with van der Waals surface area (Å²) in [6.45, 7) is 0. The van der Waals surface area contributed by atoms with E-state index in [-0.39, 0.29) is 17.7 Å². The van der Waals surface area contributed by atoms with E-state index in [1.165, 1.54) is 12.1 Å². The SMILES string of the molecule is CNC(=O)[C@@H]1C[C@H]1c1cc(Oc2ccc(C(F)(F)F)cc2)cc2cn(C)nc12. The highest BCUT2D eigenvalue weighted by molar-refractivity contribution is 5.88. The summed E-state index contributed by atoms with van der Waals surface area (Å²) in [5.74, 6) is 0.742. The lowest BCUT2D eigenvalue weighted by molar-refractivity contribution is -0.137. The van der Waals surface area contributed by atoms with E-state index in [0.29, 0.717) is 11.5 Å². The molecule has 8 heteroatoms. The fraction of sp³-hybridized carbons (Fsp3) is 0.300.